The molecule has 3 heterocycles. The molecule has 0 atom stereocenters. The number of amides is 4. The first-order chi connectivity index (χ1) is 12.6. The number of hydrogen-bond acceptors (Lipinski definition) is 5. The van der Waals surface area contributed by atoms with E-state index in [2.05, 4.69) is 15.6 Å². The van der Waals surface area contributed by atoms with E-state index in [1.54, 1.807) is 24.1 Å². The summed E-state index contributed by atoms with van der Waals surface area (Å²) in [4.78, 5) is 44.6. The van der Waals surface area contributed by atoms with Crippen LogP contribution in [0.2, 0.25) is 0 Å². The number of carbonyl (C=O) groups excluding carboxylic acids is 3. The van der Waals surface area contributed by atoms with Crippen LogP contribution in [-0.4, -0.2) is 91.4 Å². The molecule has 2 N–H and O–H groups in total. The van der Waals surface area contributed by atoms with Crippen molar-refractivity contribution >= 4 is 23.8 Å². The van der Waals surface area contributed by atoms with Crippen molar-refractivity contribution in [1.82, 2.24) is 25.3 Å². The van der Waals surface area contributed by atoms with E-state index >= 15 is 0 Å². The standard InChI is InChI=1S/C16H22N6O4/c1-17-15(18-4-5-22-13(23)11-19-16(22)25)21-8-6-20(7-9-21)14(24)12-3-2-10-26-12/h2-3,10H,4-9,11H2,1H3,(H,17,18)(H,19,25). The SMILES string of the molecule is CN=C(NCCN1C(=O)CNC1=O)N1CCN(C(=O)c2ccco2)CC1. The Kier molecular flexibility index (Phi) is 5.40. The van der Waals surface area contributed by atoms with Crippen molar-refractivity contribution in [3.63, 3.8) is 0 Å². The summed E-state index contributed by atoms with van der Waals surface area (Å²) in [6.07, 6.45) is 1.49. The molecule has 0 saturated carbocycles. The maximum absolute atomic E-state index is 12.3. The Morgan fingerprint density at radius 1 is 1.27 bits per heavy atom. The number of carbonyl (C=O) groups is 3. The van der Waals surface area contributed by atoms with Crippen LogP contribution in [0.15, 0.2) is 27.8 Å². The van der Waals surface area contributed by atoms with Crippen molar-refractivity contribution in [2.24, 2.45) is 4.99 Å². The first kappa shape index (κ1) is 17.8. The minimum absolute atomic E-state index is 0.0548. The molecule has 0 unspecified atom stereocenters. The Hall–Kier alpha value is -3.04. The molecule has 0 aliphatic carbocycles. The molecule has 10 nitrogen and oxygen atoms in total. The van der Waals surface area contributed by atoms with Crippen LogP contribution >= 0.6 is 0 Å². The van der Waals surface area contributed by atoms with Gasteiger partial charge in [0.25, 0.3) is 5.91 Å². The molecular formula is C16H22N6O4. The zero-order chi connectivity index (χ0) is 18.5. The highest BCUT2D eigenvalue weighted by Gasteiger charge is 2.28. The molecule has 2 aliphatic rings. The lowest BCUT2D eigenvalue weighted by Gasteiger charge is -2.36. The van der Waals surface area contributed by atoms with Gasteiger partial charge in [0.1, 0.15) is 0 Å². The fourth-order valence-corrected chi connectivity index (χ4v) is 2.97. The third kappa shape index (κ3) is 3.79. The summed E-state index contributed by atoms with van der Waals surface area (Å²) in [5, 5.41) is 5.64. The zero-order valence-corrected chi connectivity index (χ0v) is 14.6. The highest BCUT2D eigenvalue weighted by molar-refractivity contribution is 6.02. The quantitative estimate of drug-likeness (QED) is 0.411. The van der Waals surface area contributed by atoms with Gasteiger partial charge in [0.15, 0.2) is 11.7 Å². The van der Waals surface area contributed by atoms with Gasteiger partial charge >= 0.3 is 6.03 Å². The number of furan rings is 1. The third-order valence-electron chi connectivity index (χ3n) is 4.37. The van der Waals surface area contributed by atoms with E-state index in [9.17, 15) is 14.4 Å². The van der Waals surface area contributed by atoms with Gasteiger partial charge in [-0.05, 0) is 12.1 Å². The third-order valence-corrected chi connectivity index (χ3v) is 4.37. The summed E-state index contributed by atoms with van der Waals surface area (Å²) in [5.74, 6) is 0.685. The van der Waals surface area contributed by atoms with E-state index < -0.39 is 0 Å². The fraction of sp³-hybridized carbons (Fsp3) is 0.500. The highest BCUT2D eigenvalue weighted by Crippen LogP contribution is 2.09. The Balaban J connectivity index is 1.46. The highest BCUT2D eigenvalue weighted by atomic mass is 16.3. The van der Waals surface area contributed by atoms with Gasteiger partial charge in [0, 0.05) is 46.3 Å². The largest absolute Gasteiger partial charge is 0.459 e. The molecular weight excluding hydrogens is 340 g/mol. The summed E-state index contributed by atoms with van der Waals surface area (Å²) >= 11 is 0. The second kappa shape index (κ2) is 7.89. The number of nitrogens with zero attached hydrogens (tertiary/aromatic N) is 4. The fourth-order valence-electron chi connectivity index (χ4n) is 2.97. The normalized spacial score (nSPS) is 18.3. The lowest BCUT2D eigenvalue weighted by Crippen LogP contribution is -2.54. The molecule has 140 valence electrons. The lowest BCUT2D eigenvalue weighted by atomic mass is 10.3. The predicted octanol–water partition coefficient (Wildman–Crippen LogP) is -0.835. The average Bonchev–Trinajstić information content (AvgIpc) is 3.30. The number of urea groups is 1. The van der Waals surface area contributed by atoms with E-state index in [0.29, 0.717) is 44.4 Å². The summed E-state index contributed by atoms with van der Waals surface area (Å²) < 4.78 is 5.16. The van der Waals surface area contributed by atoms with Crippen LogP contribution in [0.5, 0.6) is 0 Å². The van der Waals surface area contributed by atoms with E-state index in [0.717, 1.165) is 0 Å². The second-order valence-corrected chi connectivity index (χ2v) is 5.93. The number of rotatable bonds is 4. The van der Waals surface area contributed by atoms with Crippen molar-refractivity contribution in [2.75, 3.05) is 52.9 Å². The first-order valence-electron chi connectivity index (χ1n) is 8.46. The van der Waals surface area contributed by atoms with E-state index in [1.165, 1.54) is 11.2 Å². The van der Waals surface area contributed by atoms with Crippen molar-refractivity contribution in [3.8, 4) is 0 Å². The maximum atomic E-state index is 12.3. The maximum Gasteiger partial charge on any atom is 0.324 e. The van der Waals surface area contributed by atoms with Gasteiger partial charge in [0.05, 0.1) is 12.8 Å². The molecule has 0 radical (unpaired) electrons. The number of nitrogens with one attached hydrogen (secondary N) is 2. The summed E-state index contributed by atoms with van der Waals surface area (Å²) in [6.45, 7) is 3.14. The second-order valence-electron chi connectivity index (χ2n) is 5.93. The monoisotopic (exact) mass is 362 g/mol. The average molecular weight is 362 g/mol. The van der Waals surface area contributed by atoms with Gasteiger partial charge in [-0.3, -0.25) is 19.5 Å². The zero-order valence-electron chi connectivity index (χ0n) is 14.6. The van der Waals surface area contributed by atoms with Crippen LogP contribution in [0.25, 0.3) is 0 Å². The summed E-state index contributed by atoms with van der Waals surface area (Å²) in [7, 11) is 1.68. The molecule has 2 fully saturated rings. The minimum Gasteiger partial charge on any atom is -0.459 e. The molecule has 2 saturated heterocycles. The molecule has 1 aromatic rings. The van der Waals surface area contributed by atoms with Crippen LogP contribution in [0.1, 0.15) is 10.6 Å². The van der Waals surface area contributed by atoms with Gasteiger partial charge in [-0.1, -0.05) is 0 Å². The van der Waals surface area contributed by atoms with Gasteiger partial charge in [-0.25, -0.2) is 4.79 Å². The molecule has 0 spiro atoms. The molecule has 3 rings (SSSR count). The van der Waals surface area contributed by atoms with Gasteiger partial charge in [-0.15, -0.1) is 0 Å². The molecule has 4 amide bonds. The molecule has 2 aliphatic heterocycles. The number of piperazine rings is 1. The van der Waals surface area contributed by atoms with E-state index in [4.69, 9.17) is 4.42 Å². The van der Waals surface area contributed by atoms with Crippen LogP contribution in [-0.2, 0) is 4.79 Å². The first-order valence-corrected chi connectivity index (χ1v) is 8.46. The number of hydrogen-bond donors (Lipinski definition) is 2. The van der Waals surface area contributed by atoms with Crippen molar-refractivity contribution < 1.29 is 18.8 Å². The van der Waals surface area contributed by atoms with Crippen LogP contribution in [0, 0.1) is 0 Å². The van der Waals surface area contributed by atoms with Gasteiger partial charge in [0.2, 0.25) is 5.91 Å². The lowest BCUT2D eigenvalue weighted by molar-refractivity contribution is -0.124. The molecule has 0 bridgehead atoms. The summed E-state index contributed by atoms with van der Waals surface area (Å²) in [5.41, 5.74) is 0. The predicted molar refractivity (Wildman–Crippen MR) is 92.7 cm³/mol. The molecule has 10 heteroatoms. The summed E-state index contributed by atoms with van der Waals surface area (Å²) in [6, 6.07) is 2.99. The Morgan fingerprint density at radius 3 is 2.58 bits per heavy atom. The molecule has 1 aromatic heterocycles. The Labute approximate surface area is 150 Å². The van der Waals surface area contributed by atoms with E-state index in [1.807, 2.05) is 4.90 Å². The minimum atomic E-state index is -0.364. The van der Waals surface area contributed by atoms with Crippen LogP contribution in [0.3, 0.4) is 0 Å². The van der Waals surface area contributed by atoms with Crippen LogP contribution < -0.4 is 10.6 Å². The Morgan fingerprint density at radius 2 is 2.00 bits per heavy atom. The number of imide groups is 1. The van der Waals surface area contributed by atoms with Crippen molar-refractivity contribution in [1.29, 1.82) is 0 Å². The molecule has 0 aromatic carbocycles. The van der Waals surface area contributed by atoms with Crippen LogP contribution in [0.4, 0.5) is 4.79 Å². The van der Waals surface area contributed by atoms with Crippen molar-refractivity contribution in [3.05, 3.63) is 24.2 Å². The Bertz CT molecular complexity index is 678. The number of guanidine groups is 1. The molecule has 26 heavy (non-hydrogen) atoms. The smallest absolute Gasteiger partial charge is 0.324 e. The number of aliphatic imine (C=N–C) groups is 1. The van der Waals surface area contributed by atoms with Gasteiger partial charge in [-0.2, -0.15) is 0 Å². The van der Waals surface area contributed by atoms with E-state index in [-0.39, 0.29) is 30.9 Å². The van der Waals surface area contributed by atoms with Gasteiger partial charge < -0.3 is 24.9 Å². The topological polar surface area (TPSA) is 110 Å². The van der Waals surface area contributed by atoms with Crippen molar-refractivity contribution in [2.45, 2.75) is 0 Å².